The summed E-state index contributed by atoms with van der Waals surface area (Å²) < 4.78 is 7.47. The molecule has 1 atom stereocenters. The summed E-state index contributed by atoms with van der Waals surface area (Å²) in [6.07, 6.45) is -0.835. The number of amides is 2. The molecule has 1 aromatic heterocycles. The molecule has 1 N–H and O–H groups in total. The lowest BCUT2D eigenvalue weighted by molar-refractivity contribution is -0.127. The molecule has 8 heteroatoms. The van der Waals surface area contributed by atoms with Gasteiger partial charge in [0.15, 0.2) is 11.9 Å². The number of rotatable bonds is 4. The molecule has 0 saturated carbocycles. The second-order valence-corrected chi connectivity index (χ2v) is 7.48. The molecule has 2 amide bonds. The van der Waals surface area contributed by atoms with Gasteiger partial charge in [-0.2, -0.15) is 0 Å². The van der Waals surface area contributed by atoms with Crippen LogP contribution in [0, 0.1) is 0 Å². The summed E-state index contributed by atoms with van der Waals surface area (Å²) in [6.45, 7) is 0.0517. The first kappa shape index (κ1) is 20.4. The van der Waals surface area contributed by atoms with Crippen molar-refractivity contribution in [3.63, 3.8) is 0 Å². The van der Waals surface area contributed by atoms with Crippen LogP contribution in [0.15, 0.2) is 84.9 Å². The highest BCUT2D eigenvalue weighted by Crippen LogP contribution is 2.34. The van der Waals surface area contributed by atoms with E-state index in [9.17, 15) is 9.59 Å². The number of benzene rings is 3. The second kappa shape index (κ2) is 8.58. The van der Waals surface area contributed by atoms with Gasteiger partial charge in [0.25, 0.3) is 11.8 Å². The standard InChI is InChI=1S/C25H21N5O3/c1-26-24(31)21-16-29(19-14-8-9-15-20(19)33-21)25(32)22-27-23(17-10-4-2-5-11-17)30(28-22)18-12-6-3-7-13-18/h2-15,21H,16H2,1H3,(H,26,31)/t21-/m0/s1. The van der Waals surface area contributed by atoms with Crippen molar-refractivity contribution in [3.8, 4) is 22.8 Å². The molecule has 0 unspecified atom stereocenters. The molecule has 5 rings (SSSR count). The van der Waals surface area contributed by atoms with Crippen molar-refractivity contribution in [1.82, 2.24) is 20.1 Å². The van der Waals surface area contributed by atoms with Crippen LogP contribution in [0.5, 0.6) is 5.75 Å². The lowest BCUT2D eigenvalue weighted by Gasteiger charge is -2.33. The quantitative estimate of drug-likeness (QED) is 0.528. The van der Waals surface area contributed by atoms with Gasteiger partial charge in [0.1, 0.15) is 5.75 Å². The highest BCUT2D eigenvalue weighted by molar-refractivity contribution is 6.06. The molecule has 1 aliphatic rings. The van der Waals surface area contributed by atoms with Gasteiger partial charge in [-0.3, -0.25) is 14.5 Å². The Balaban J connectivity index is 1.59. The summed E-state index contributed by atoms with van der Waals surface area (Å²) in [4.78, 5) is 32.1. The van der Waals surface area contributed by atoms with Crippen LogP contribution in [0.1, 0.15) is 10.6 Å². The summed E-state index contributed by atoms with van der Waals surface area (Å²) in [5.74, 6) is 0.317. The third-order valence-corrected chi connectivity index (χ3v) is 5.39. The van der Waals surface area contributed by atoms with E-state index in [0.717, 1.165) is 11.3 Å². The predicted octanol–water partition coefficient (Wildman–Crippen LogP) is 3.09. The summed E-state index contributed by atoms with van der Waals surface area (Å²) in [7, 11) is 1.54. The van der Waals surface area contributed by atoms with E-state index in [4.69, 9.17) is 4.74 Å². The largest absolute Gasteiger partial charge is 0.477 e. The van der Waals surface area contributed by atoms with E-state index in [1.807, 2.05) is 66.7 Å². The number of hydrogen-bond donors (Lipinski definition) is 1. The van der Waals surface area contributed by atoms with Gasteiger partial charge in [-0.15, -0.1) is 5.10 Å². The van der Waals surface area contributed by atoms with Crippen LogP contribution in [0.4, 0.5) is 5.69 Å². The van der Waals surface area contributed by atoms with Gasteiger partial charge < -0.3 is 10.1 Å². The highest BCUT2D eigenvalue weighted by atomic mass is 16.5. The molecule has 1 aliphatic heterocycles. The average molecular weight is 439 g/mol. The van der Waals surface area contributed by atoms with Crippen LogP contribution in [-0.4, -0.2) is 46.3 Å². The Morgan fingerprint density at radius 2 is 1.61 bits per heavy atom. The summed E-state index contributed by atoms with van der Waals surface area (Å²) in [6, 6.07) is 26.2. The second-order valence-electron chi connectivity index (χ2n) is 7.48. The molecule has 0 spiro atoms. The summed E-state index contributed by atoms with van der Waals surface area (Å²) in [5.41, 5.74) is 2.19. The third kappa shape index (κ3) is 3.82. The lowest BCUT2D eigenvalue weighted by Crippen LogP contribution is -2.50. The third-order valence-electron chi connectivity index (χ3n) is 5.39. The van der Waals surface area contributed by atoms with Crippen LogP contribution >= 0.6 is 0 Å². The maximum Gasteiger partial charge on any atom is 0.298 e. The van der Waals surface area contributed by atoms with E-state index in [1.54, 1.807) is 22.9 Å². The summed E-state index contributed by atoms with van der Waals surface area (Å²) >= 11 is 0. The van der Waals surface area contributed by atoms with Crippen LogP contribution in [0.3, 0.4) is 0 Å². The first-order valence-corrected chi connectivity index (χ1v) is 10.5. The van der Waals surface area contributed by atoms with Gasteiger partial charge in [0, 0.05) is 12.6 Å². The first-order valence-electron chi connectivity index (χ1n) is 10.5. The van der Waals surface area contributed by atoms with Gasteiger partial charge >= 0.3 is 0 Å². The van der Waals surface area contributed by atoms with E-state index in [2.05, 4.69) is 15.4 Å². The van der Waals surface area contributed by atoms with Crippen molar-refractivity contribution in [1.29, 1.82) is 0 Å². The zero-order valence-electron chi connectivity index (χ0n) is 17.9. The van der Waals surface area contributed by atoms with Crippen molar-refractivity contribution in [2.75, 3.05) is 18.5 Å². The fraction of sp³-hybridized carbons (Fsp3) is 0.120. The molecule has 0 radical (unpaired) electrons. The SMILES string of the molecule is CNC(=O)[C@@H]1CN(C(=O)c2nc(-c3ccccc3)n(-c3ccccc3)n2)c2ccccc2O1. The number of fused-ring (bicyclic) bond motifs is 1. The minimum atomic E-state index is -0.835. The Hall–Kier alpha value is -4.46. The number of hydrogen-bond acceptors (Lipinski definition) is 5. The minimum absolute atomic E-state index is 0.0325. The Kier molecular flexibility index (Phi) is 5.32. The number of anilines is 1. The van der Waals surface area contributed by atoms with Gasteiger partial charge in [0.2, 0.25) is 5.82 Å². The first-order chi connectivity index (χ1) is 16.2. The number of likely N-dealkylation sites (N-methyl/N-ethyl adjacent to an activating group) is 1. The van der Waals surface area contributed by atoms with Crippen molar-refractivity contribution in [3.05, 3.63) is 90.8 Å². The van der Waals surface area contributed by atoms with Crippen molar-refractivity contribution in [2.45, 2.75) is 6.10 Å². The van der Waals surface area contributed by atoms with Crippen molar-refractivity contribution >= 4 is 17.5 Å². The smallest absolute Gasteiger partial charge is 0.298 e. The molecule has 164 valence electrons. The number of carbonyl (C=O) groups is 2. The fourth-order valence-corrected chi connectivity index (χ4v) is 3.77. The molecule has 0 fully saturated rings. The van der Waals surface area contributed by atoms with Crippen molar-refractivity contribution < 1.29 is 14.3 Å². The Morgan fingerprint density at radius 1 is 0.939 bits per heavy atom. The van der Waals surface area contributed by atoms with E-state index >= 15 is 0 Å². The predicted molar refractivity (Wildman–Crippen MR) is 123 cm³/mol. The Labute approximate surface area is 190 Å². The number of aromatic nitrogens is 3. The van der Waals surface area contributed by atoms with E-state index in [0.29, 0.717) is 17.3 Å². The van der Waals surface area contributed by atoms with E-state index < -0.39 is 12.0 Å². The van der Waals surface area contributed by atoms with Crippen LogP contribution in [0.25, 0.3) is 17.1 Å². The molecule has 0 aliphatic carbocycles. The molecular weight excluding hydrogens is 418 g/mol. The topological polar surface area (TPSA) is 89.4 Å². The van der Waals surface area contributed by atoms with Gasteiger partial charge in [-0.05, 0) is 24.3 Å². The number of nitrogens with one attached hydrogen (secondary N) is 1. The average Bonchev–Trinajstić information content (AvgIpc) is 3.34. The molecule has 2 heterocycles. The van der Waals surface area contributed by atoms with Crippen molar-refractivity contribution in [2.24, 2.45) is 0 Å². The maximum absolute atomic E-state index is 13.6. The fourth-order valence-electron chi connectivity index (χ4n) is 3.77. The molecule has 4 aromatic rings. The Morgan fingerprint density at radius 3 is 2.33 bits per heavy atom. The highest BCUT2D eigenvalue weighted by Gasteiger charge is 2.35. The minimum Gasteiger partial charge on any atom is -0.477 e. The molecule has 0 bridgehead atoms. The van der Waals surface area contributed by atoms with Crippen LogP contribution in [0.2, 0.25) is 0 Å². The molecule has 3 aromatic carbocycles. The Bertz CT molecular complexity index is 1250. The number of ether oxygens (including phenoxy) is 1. The lowest BCUT2D eigenvalue weighted by atomic mass is 10.1. The molecular formula is C25H21N5O3. The zero-order valence-corrected chi connectivity index (χ0v) is 17.9. The van der Waals surface area contributed by atoms with E-state index in [1.165, 1.54) is 11.9 Å². The summed E-state index contributed by atoms with van der Waals surface area (Å²) in [5, 5.41) is 7.15. The maximum atomic E-state index is 13.6. The van der Waals surface area contributed by atoms with Crippen LogP contribution in [-0.2, 0) is 4.79 Å². The molecule has 0 saturated heterocycles. The molecule has 8 nitrogen and oxygen atoms in total. The number of nitrogens with zero attached hydrogens (tertiary/aromatic N) is 4. The van der Waals surface area contributed by atoms with E-state index in [-0.39, 0.29) is 18.3 Å². The zero-order chi connectivity index (χ0) is 22.8. The number of para-hydroxylation sites is 3. The van der Waals surface area contributed by atoms with Gasteiger partial charge in [-0.1, -0.05) is 60.7 Å². The van der Waals surface area contributed by atoms with Gasteiger partial charge in [-0.25, -0.2) is 9.67 Å². The monoisotopic (exact) mass is 439 g/mol. The van der Waals surface area contributed by atoms with Crippen LogP contribution < -0.4 is 15.0 Å². The molecule has 33 heavy (non-hydrogen) atoms. The van der Waals surface area contributed by atoms with Gasteiger partial charge in [0.05, 0.1) is 17.9 Å². The normalized spacial score (nSPS) is 14.8. The number of carbonyl (C=O) groups excluding carboxylic acids is 2.